The first-order valence-electron chi connectivity index (χ1n) is 7.60. The van der Waals surface area contributed by atoms with E-state index in [-0.39, 0.29) is 16.4 Å². The van der Waals surface area contributed by atoms with Gasteiger partial charge in [0.2, 0.25) is 5.78 Å². The molecule has 8 heteroatoms. The number of fused-ring (bicyclic) bond motifs is 1. The van der Waals surface area contributed by atoms with Crippen LogP contribution in [-0.4, -0.2) is 28.3 Å². The molecule has 2 aromatic carbocycles. The Bertz CT molecular complexity index is 1040. The molecule has 3 aromatic rings. The summed E-state index contributed by atoms with van der Waals surface area (Å²) < 4.78 is 5.02. The molecule has 7 nitrogen and oxygen atoms in total. The Morgan fingerprint density at radius 3 is 2.69 bits per heavy atom. The number of aromatic nitrogens is 1. The van der Waals surface area contributed by atoms with Crippen LogP contribution in [0.4, 0.5) is 5.69 Å². The summed E-state index contributed by atoms with van der Waals surface area (Å²) in [5, 5.41) is 11.5. The number of nitro groups is 1. The molecule has 0 bridgehead atoms. The van der Waals surface area contributed by atoms with Gasteiger partial charge < -0.3 is 9.72 Å². The van der Waals surface area contributed by atoms with Crippen LogP contribution in [0.3, 0.4) is 0 Å². The van der Waals surface area contributed by atoms with Gasteiger partial charge in [0.15, 0.2) is 6.61 Å². The zero-order valence-corrected chi connectivity index (χ0v) is 14.4. The maximum Gasteiger partial charge on any atom is 0.338 e. The van der Waals surface area contributed by atoms with Crippen molar-refractivity contribution in [2.75, 3.05) is 6.61 Å². The van der Waals surface area contributed by atoms with Crippen LogP contribution in [0.2, 0.25) is 5.02 Å². The van der Waals surface area contributed by atoms with E-state index in [4.69, 9.17) is 16.3 Å². The largest absolute Gasteiger partial charge is 0.454 e. The Labute approximate surface area is 152 Å². The second-order valence-corrected chi connectivity index (χ2v) is 6.00. The van der Waals surface area contributed by atoms with Crippen molar-refractivity contribution in [1.29, 1.82) is 0 Å². The number of benzene rings is 2. The number of carbonyl (C=O) groups excluding carboxylic acids is 2. The number of rotatable bonds is 5. The van der Waals surface area contributed by atoms with Crippen LogP contribution < -0.4 is 0 Å². The van der Waals surface area contributed by atoms with E-state index in [9.17, 15) is 19.7 Å². The van der Waals surface area contributed by atoms with E-state index in [0.717, 1.165) is 17.0 Å². The lowest BCUT2D eigenvalue weighted by Crippen LogP contribution is -2.15. The molecule has 1 aromatic heterocycles. The molecule has 0 radical (unpaired) electrons. The highest BCUT2D eigenvalue weighted by Gasteiger charge is 2.20. The maximum absolute atomic E-state index is 12.5. The van der Waals surface area contributed by atoms with E-state index in [0.29, 0.717) is 11.3 Å². The number of nitrogens with one attached hydrogen (secondary N) is 1. The van der Waals surface area contributed by atoms with E-state index in [2.05, 4.69) is 4.98 Å². The molecule has 0 atom stereocenters. The highest BCUT2D eigenvalue weighted by Crippen LogP contribution is 2.26. The minimum atomic E-state index is -0.837. The van der Waals surface area contributed by atoms with Crippen molar-refractivity contribution in [2.45, 2.75) is 6.92 Å². The van der Waals surface area contributed by atoms with E-state index >= 15 is 0 Å². The molecule has 3 rings (SSSR count). The van der Waals surface area contributed by atoms with Gasteiger partial charge in [-0.2, -0.15) is 0 Å². The lowest BCUT2D eigenvalue weighted by atomic mass is 10.1. The van der Waals surface area contributed by atoms with Gasteiger partial charge in [-0.25, -0.2) is 4.79 Å². The molecule has 0 fully saturated rings. The van der Waals surface area contributed by atoms with E-state index in [1.54, 1.807) is 13.0 Å². The van der Waals surface area contributed by atoms with Gasteiger partial charge in [0.25, 0.3) is 5.69 Å². The molecular weight excluding hydrogens is 360 g/mol. The summed E-state index contributed by atoms with van der Waals surface area (Å²) in [7, 11) is 0. The average Bonchev–Trinajstić information content (AvgIpc) is 2.95. The van der Waals surface area contributed by atoms with Gasteiger partial charge in [-0.3, -0.25) is 14.9 Å². The van der Waals surface area contributed by atoms with Crippen LogP contribution in [0.25, 0.3) is 10.9 Å². The van der Waals surface area contributed by atoms with Gasteiger partial charge >= 0.3 is 5.97 Å². The summed E-state index contributed by atoms with van der Waals surface area (Å²) in [5.74, 6) is -1.20. The van der Waals surface area contributed by atoms with Crippen molar-refractivity contribution in [3.05, 3.63) is 74.4 Å². The standard InChI is InChI=1S/C18H13ClN2O5/c1-10-17(12-4-2-3-5-14(12)20-10)16(22)9-26-18(23)11-6-7-13(19)15(8-11)21(24)25/h2-8,20H,9H2,1H3. The minimum absolute atomic E-state index is 0.0513. The number of aryl methyl sites for hydroxylation is 1. The highest BCUT2D eigenvalue weighted by atomic mass is 35.5. The number of ether oxygens (including phenoxy) is 1. The van der Waals surface area contributed by atoms with Crippen molar-refractivity contribution < 1.29 is 19.2 Å². The summed E-state index contributed by atoms with van der Waals surface area (Å²) in [4.78, 5) is 37.9. The van der Waals surface area contributed by atoms with Gasteiger partial charge in [-0.1, -0.05) is 29.8 Å². The lowest BCUT2D eigenvalue weighted by Gasteiger charge is -2.05. The molecule has 0 unspecified atom stereocenters. The number of H-pyrrole nitrogens is 1. The summed E-state index contributed by atoms with van der Waals surface area (Å²) >= 11 is 5.71. The fourth-order valence-corrected chi connectivity index (χ4v) is 2.89. The second kappa shape index (κ2) is 6.97. The number of Topliss-reactive ketones (excluding diaryl/α,β-unsaturated/α-hetero) is 1. The Hall–Kier alpha value is -3.19. The Morgan fingerprint density at radius 1 is 1.23 bits per heavy atom. The van der Waals surface area contributed by atoms with Gasteiger partial charge in [0.05, 0.1) is 10.5 Å². The van der Waals surface area contributed by atoms with Crippen molar-refractivity contribution >= 4 is 39.9 Å². The van der Waals surface area contributed by atoms with E-state index in [1.807, 2.05) is 18.2 Å². The first kappa shape index (κ1) is 17.6. The van der Waals surface area contributed by atoms with Gasteiger partial charge in [-0.05, 0) is 25.1 Å². The number of hydrogen-bond acceptors (Lipinski definition) is 5. The average molecular weight is 373 g/mol. The van der Waals surface area contributed by atoms with Crippen LogP contribution in [0.5, 0.6) is 0 Å². The second-order valence-electron chi connectivity index (χ2n) is 5.59. The summed E-state index contributed by atoms with van der Waals surface area (Å²) in [6.07, 6.45) is 0. The maximum atomic E-state index is 12.5. The van der Waals surface area contributed by atoms with Gasteiger partial charge in [0, 0.05) is 28.2 Å². The molecule has 132 valence electrons. The van der Waals surface area contributed by atoms with Crippen molar-refractivity contribution in [3.8, 4) is 0 Å². The number of carbonyl (C=O) groups is 2. The number of nitro benzene ring substituents is 1. The summed E-state index contributed by atoms with van der Waals surface area (Å²) in [6, 6.07) is 10.9. The molecule has 0 saturated heterocycles. The van der Waals surface area contributed by atoms with Crippen LogP contribution in [-0.2, 0) is 4.74 Å². The topological polar surface area (TPSA) is 102 Å². The first-order valence-corrected chi connectivity index (χ1v) is 7.98. The Morgan fingerprint density at radius 2 is 1.96 bits per heavy atom. The molecule has 0 aliphatic rings. The third kappa shape index (κ3) is 3.29. The number of aromatic amines is 1. The predicted molar refractivity (Wildman–Crippen MR) is 95.8 cm³/mol. The number of hydrogen-bond donors (Lipinski definition) is 1. The quantitative estimate of drug-likeness (QED) is 0.314. The Kier molecular flexibility index (Phi) is 4.73. The van der Waals surface area contributed by atoms with Crippen molar-refractivity contribution in [2.24, 2.45) is 0 Å². The third-order valence-corrected chi connectivity index (χ3v) is 4.20. The SMILES string of the molecule is Cc1[nH]c2ccccc2c1C(=O)COC(=O)c1ccc(Cl)c([N+](=O)[O-])c1. The number of ketones is 1. The minimum Gasteiger partial charge on any atom is -0.454 e. The zero-order valence-electron chi connectivity index (χ0n) is 13.6. The van der Waals surface area contributed by atoms with Gasteiger partial charge in [0.1, 0.15) is 5.02 Å². The monoisotopic (exact) mass is 372 g/mol. The summed E-state index contributed by atoms with van der Waals surface area (Å²) in [6.45, 7) is 1.29. The number of nitrogens with zero attached hydrogens (tertiary/aromatic N) is 1. The number of para-hydroxylation sites is 1. The van der Waals surface area contributed by atoms with Crippen molar-refractivity contribution in [1.82, 2.24) is 4.98 Å². The third-order valence-electron chi connectivity index (χ3n) is 3.89. The van der Waals surface area contributed by atoms with Crippen LogP contribution in [0.1, 0.15) is 26.4 Å². The molecule has 0 amide bonds. The fraction of sp³-hybridized carbons (Fsp3) is 0.111. The zero-order chi connectivity index (χ0) is 18.8. The molecule has 26 heavy (non-hydrogen) atoms. The van der Waals surface area contributed by atoms with E-state index in [1.165, 1.54) is 12.1 Å². The normalized spacial score (nSPS) is 10.7. The number of esters is 1. The molecular formula is C18H13ClN2O5. The molecule has 1 heterocycles. The van der Waals surface area contributed by atoms with Crippen LogP contribution in [0, 0.1) is 17.0 Å². The lowest BCUT2D eigenvalue weighted by molar-refractivity contribution is -0.384. The first-order chi connectivity index (χ1) is 12.4. The fourth-order valence-electron chi connectivity index (χ4n) is 2.70. The van der Waals surface area contributed by atoms with Crippen molar-refractivity contribution in [3.63, 3.8) is 0 Å². The Balaban J connectivity index is 1.77. The smallest absolute Gasteiger partial charge is 0.338 e. The molecule has 0 aliphatic carbocycles. The van der Waals surface area contributed by atoms with Crippen LogP contribution >= 0.6 is 11.6 Å². The molecule has 1 N–H and O–H groups in total. The predicted octanol–water partition coefficient (Wildman–Crippen LogP) is 4.08. The van der Waals surface area contributed by atoms with Crippen LogP contribution in [0.15, 0.2) is 42.5 Å². The summed E-state index contributed by atoms with van der Waals surface area (Å²) in [5.41, 5.74) is 1.49. The molecule has 0 saturated carbocycles. The van der Waals surface area contributed by atoms with E-state index < -0.39 is 23.2 Å². The number of halogens is 1. The molecule has 0 aliphatic heterocycles. The highest BCUT2D eigenvalue weighted by molar-refractivity contribution is 6.32. The molecule has 0 spiro atoms. The van der Waals surface area contributed by atoms with Gasteiger partial charge in [-0.15, -0.1) is 0 Å².